The predicted molar refractivity (Wildman–Crippen MR) is 114 cm³/mol. The summed E-state index contributed by atoms with van der Waals surface area (Å²) in [5.74, 6) is 4.78. The number of aromatic nitrogens is 4. The van der Waals surface area contributed by atoms with Gasteiger partial charge >= 0.3 is 5.97 Å². The lowest BCUT2D eigenvalue weighted by Gasteiger charge is -2.15. The van der Waals surface area contributed by atoms with Gasteiger partial charge in [-0.3, -0.25) is 4.98 Å². The Morgan fingerprint density at radius 1 is 1.19 bits per heavy atom. The fourth-order valence-electron chi connectivity index (χ4n) is 3.89. The lowest BCUT2D eigenvalue weighted by molar-refractivity contribution is 0.0692. The van der Waals surface area contributed by atoms with Crippen LogP contribution >= 0.6 is 0 Å². The van der Waals surface area contributed by atoms with Crippen molar-refractivity contribution in [2.75, 3.05) is 0 Å². The van der Waals surface area contributed by atoms with E-state index in [1.54, 1.807) is 30.5 Å². The van der Waals surface area contributed by atoms with E-state index in [4.69, 9.17) is 0 Å². The van der Waals surface area contributed by atoms with Gasteiger partial charge < -0.3 is 10.2 Å². The highest BCUT2D eigenvalue weighted by Crippen LogP contribution is 2.34. The fraction of sp³-hybridized carbons (Fsp3) is 0.125. The fourth-order valence-corrected chi connectivity index (χ4v) is 3.89. The molecule has 0 saturated carbocycles. The number of fused-ring (bicyclic) bond motifs is 2. The maximum atomic E-state index is 11.6. The molecule has 1 aliphatic rings. The molecule has 0 fully saturated rings. The number of nitrogens with zero attached hydrogens (tertiary/aromatic N) is 5. The van der Waals surface area contributed by atoms with Crippen LogP contribution in [-0.4, -0.2) is 35.9 Å². The van der Waals surface area contributed by atoms with Crippen molar-refractivity contribution in [3.63, 3.8) is 0 Å². The Morgan fingerprint density at radius 2 is 2.06 bits per heavy atom. The molecular formula is C24H15N5O3. The van der Waals surface area contributed by atoms with E-state index in [9.17, 15) is 20.3 Å². The SMILES string of the molecule is N#Cc1cc2c(cn1)c(C(=O)O)nn2-c1cccc(C#CC2(O)CCc3cccnc32)c1. The standard InChI is InChI=1S/C24H15N5O3/c25-13-17-12-20-19(14-27-17)21(23(30)31)28-29(20)18-5-1-3-15(11-18)6-8-24(32)9-7-16-4-2-10-26-22(16)24/h1-5,10-12,14,32H,7,9H2,(H,30,31). The van der Waals surface area contributed by atoms with Crippen molar-refractivity contribution >= 4 is 16.9 Å². The lowest BCUT2D eigenvalue weighted by atomic mass is 10.0. The van der Waals surface area contributed by atoms with Gasteiger partial charge in [-0.1, -0.05) is 24.0 Å². The van der Waals surface area contributed by atoms with Gasteiger partial charge in [-0.25, -0.2) is 14.5 Å². The van der Waals surface area contributed by atoms with Crippen LogP contribution in [-0.2, 0) is 12.0 Å². The van der Waals surface area contributed by atoms with Gasteiger partial charge in [-0.15, -0.1) is 0 Å². The molecule has 5 rings (SSSR count). The van der Waals surface area contributed by atoms with Gasteiger partial charge in [0.2, 0.25) is 0 Å². The van der Waals surface area contributed by atoms with Gasteiger partial charge in [0.1, 0.15) is 11.8 Å². The molecule has 1 aromatic carbocycles. The van der Waals surface area contributed by atoms with Crippen LogP contribution in [0.25, 0.3) is 16.6 Å². The summed E-state index contributed by atoms with van der Waals surface area (Å²) in [5, 5.41) is 34.2. The molecule has 3 aromatic heterocycles. The summed E-state index contributed by atoms with van der Waals surface area (Å²) < 4.78 is 1.45. The van der Waals surface area contributed by atoms with E-state index in [0.29, 0.717) is 40.7 Å². The third kappa shape index (κ3) is 3.16. The highest BCUT2D eigenvalue weighted by Gasteiger charge is 2.36. The van der Waals surface area contributed by atoms with Gasteiger partial charge in [0, 0.05) is 24.0 Å². The Hall–Kier alpha value is -4.53. The Bertz CT molecular complexity index is 1510. The number of rotatable bonds is 2. The monoisotopic (exact) mass is 421 g/mol. The van der Waals surface area contributed by atoms with Crippen molar-refractivity contribution in [2.24, 2.45) is 0 Å². The maximum absolute atomic E-state index is 11.6. The summed E-state index contributed by atoms with van der Waals surface area (Å²) in [7, 11) is 0. The van der Waals surface area contributed by atoms with E-state index in [1.807, 2.05) is 18.2 Å². The minimum absolute atomic E-state index is 0.154. The molecule has 8 nitrogen and oxygen atoms in total. The second-order valence-electron chi connectivity index (χ2n) is 7.44. The van der Waals surface area contributed by atoms with Crippen molar-refractivity contribution in [2.45, 2.75) is 18.4 Å². The van der Waals surface area contributed by atoms with E-state index in [0.717, 1.165) is 5.56 Å². The van der Waals surface area contributed by atoms with Crippen LogP contribution in [0.5, 0.6) is 0 Å². The molecule has 0 radical (unpaired) electrons. The Balaban J connectivity index is 1.58. The Morgan fingerprint density at radius 3 is 2.88 bits per heavy atom. The Kier molecular flexibility index (Phi) is 4.44. The summed E-state index contributed by atoms with van der Waals surface area (Å²) in [6.45, 7) is 0. The zero-order valence-electron chi connectivity index (χ0n) is 16.6. The predicted octanol–water partition coefficient (Wildman–Crippen LogP) is 2.57. The van der Waals surface area contributed by atoms with Crippen molar-refractivity contribution in [1.82, 2.24) is 19.7 Å². The summed E-state index contributed by atoms with van der Waals surface area (Å²) >= 11 is 0. The number of aromatic carboxylic acids is 1. The molecule has 1 aliphatic carbocycles. The van der Waals surface area contributed by atoms with Crippen molar-refractivity contribution in [1.29, 1.82) is 5.26 Å². The number of nitriles is 1. The first-order valence-corrected chi connectivity index (χ1v) is 9.81. The highest BCUT2D eigenvalue weighted by molar-refractivity contribution is 6.01. The summed E-state index contributed by atoms with van der Waals surface area (Å²) in [4.78, 5) is 19.9. The molecule has 1 unspecified atom stereocenters. The molecule has 0 aliphatic heterocycles. The number of aryl methyl sites for hydroxylation is 1. The lowest BCUT2D eigenvalue weighted by Crippen LogP contribution is -2.20. The molecule has 8 heteroatoms. The van der Waals surface area contributed by atoms with Gasteiger partial charge in [0.15, 0.2) is 11.3 Å². The first-order chi connectivity index (χ1) is 15.5. The van der Waals surface area contributed by atoms with E-state index in [-0.39, 0.29) is 11.4 Å². The molecule has 1 atom stereocenters. The number of hydrogen-bond acceptors (Lipinski definition) is 6. The quantitative estimate of drug-likeness (QED) is 0.477. The van der Waals surface area contributed by atoms with Crippen LogP contribution < -0.4 is 0 Å². The molecular weight excluding hydrogens is 406 g/mol. The second kappa shape index (κ2) is 7.31. The van der Waals surface area contributed by atoms with Crippen LogP contribution in [0.15, 0.2) is 54.9 Å². The number of hydrogen-bond donors (Lipinski definition) is 2. The van der Waals surface area contributed by atoms with E-state index < -0.39 is 11.6 Å². The molecule has 0 saturated heterocycles. The molecule has 3 heterocycles. The van der Waals surface area contributed by atoms with E-state index in [2.05, 4.69) is 26.9 Å². The summed E-state index contributed by atoms with van der Waals surface area (Å²) in [5.41, 5.74) is 1.91. The number of pyridine rings is 2. The molecule has 154 valence electrons. The molecule has 0 amide bonds. The minimum Gasteiger partial charge on any atom is -0.476 e. The van der Waals surface area contributed by atoms with Crippen molar-refractivity contribution < 1.29 is 15.0 Å². The van der Waals surface area contributed by atoms with Crippen LogP contribution in [0.3, 0.4) is 0 Å². The molecule has 32 heavy (non-hydrogen) atoms. The van der Waals surface area contributed by atoms with Crippen molar-refractivity contribution in [3.05, 3.63) is 83.1 Å². The zero-order chi connectivity index (χ0) is 22.3. The first-order valence-electron chi connectivity index (χ1n) is 9.81. The normalized spacial score (nSPS) is 16.8. The number of carboxylic acid groups (broad SMARTS) is 1. The van der Waals surface area contributed by atoms with E-state index >= 15 is 0 Å². The third-order valence-electron chi connectivity index (χ3n) is 5.43. The molecule has 4 aromatic rings. The molecule has 0 bridgehead atoms. The second-order valence-corrected chi connectivity index (χ2v) is 7.44. The van der Waals surface area contributed by atoms with Crippen LogP contribution in [0, 0.1) is 23.2 Å². The van der Waals surface area contributed by atoms with Gasteiger partial charge in [-0.05, 0) is 42.7 Å². The van der Waals surface area contributed by atoms with Crippen LogP contribution in [0.4, 0.5) is 0 Å². The van der Waals surface area contributed by atoms with Gasteiger partial charge in [-0.2, -0.15) is 10.4 Å². The van der Waals surface area contributed by atoms with Crippen LogP contribution in [0.2, 0.25) is 0 Å². The first kappa shape index (κ1) is 19.4. The van der Waals surface area contributed by atoms with Gasteiger partial charge in [0.25, 0.3) is 0 Å². The third-order valence-corrected chi connectivity index (χ3v) is 5.43. The van der Waals surface area contributed by atoms with Gasteiger partial charge in [0.05, 0.1) is 22.3 Å². The number of carboxylic acids is 1. The zero-order valence-corrected chi connectivity index (χ0v) is 16.6. The average Bonchev–Trinajstić information content (AvgIpc) is 3.37. The minimum atomic E-state index is -1.31. The van der Waals surface area contributed by atoms with Crippen LogP contribution in [0.1, 0.15) is 39.4 Å². The number of carbonyl (C=O) groups is 1. The topological polar surface area (TPSA) is 125 Å². The molecule has 0 spiro atoms. The summed E-state index contributed by atoms with van der Waals surface area (Å²) in [6, 6.07) is 14.3. The Labute approximate surface area is 182 Å². The average molecular weight is 421 g/mol. The number of aliphatic hydroxyl groups is 1. The maximum Gasteiger partial charge on any atom is 0.357 e. The van der Waals surface area contributed by atoms with E-state index in [1.165, 1.54) is 16.9 Å². The molecule has 2 N–H and O–H groups in total. The number of benzene rings is 1. The largest absolute Gasteiger partial charge is 0.476 e. The smallest absolute Gasteiger partial charge is 0.357 e. The highest BCUT2D eigenvalue weighted by atomic mass is 16.4. The summed E-state index contributed by atoms with van der Waals surface area (Å²) in [6.07, 6.45) is 4.16. The van der Waals surface area contributed by atoms with Crippen molar-refractivity contribution in [3.8, 4) is 23.6 Å².